The Morgan fingerprint density at radius 2 is 1.95 bits per heavy atom. The van der Waals surface area contributed by atoms with E-state index >= 15 is 0 Å². The summed E-state index contributed by atoms with van der Waals surface area (Å²) in [5.41, 5.74) is -0.579. The van der Waals surface area contributed by atoms with Crippen molar-refractivity contribution in [3.8, 4) is 10.6 Å². The van der Waals surface area contributed by atoms with Crippen LogP contribution in [-0.2, 0) is 15.7 Å². The summed E-state index contributed by atoms with van der Waals surface area (Å²) in [6.07, 6.45) is -4.11. The van der Waals surface area contributed by atoms with Gasteiger partial charge < -0.3 is 15.0 Å². The number of thioether (sulfide) groups is 1. The summed E-state index contributed by atoms with van der Waals surface area (Å²) in [4.78, 5) is 47.9. The standard InChI is InChI=1S/C23H23F3N4O4S3/c1-5-8-34-21(33)17-12(2)18(20(32)30(3)4)37-19(17)29-16(31)11-36-22-27-13(14-7-6-9-35-14)10-15(28-22)23(24,25)26/h6-7,9-10H,5,8,11H2,1-4H3,(H,29,31). The Morgan fingerprint density at radius 3 is 2.54 bits per heavy atom. The molecule has 8 nitrogen and oxygen atoms in total. The number of aromatic nitrogens is 2. The number of carbonyl (C=O) groups is 3. The van der Waals surface area contributed by atoms with Crippen LogP contribution in [0.25, 0.3) is 10.6 Å². The average molecular weight is 573 g/mol. The fraction of sp³-hybridized carbons (Fsp3) is 0.348. The van der Waals surface area contributed by atoms with Gasteiger partial charge in [0.15, 0.2) is 5.16 Å². The first-order valence-corrected chi connectivity index (χ1v) is 13.6. The van der Waals surface area contributed by atoms with E-state index in [0.717, 1.165) is 29.2 Å². The molecule has 0 unspecified atom stereocenters. The SMILES string of the molecule is CCCOC(=O)c1c(NC(=O)CSc2nc(-c3cccs3)cc(C(F)(F)F)n2)sc(C(=O)N(C)C)c1C. The second-order valence-corrected chi connectivity index (χ2v) is 10.7. The number of halogens is 3. The molecule has 3 aromatic rings. The molecule has 0 fully saturated rings. The monoisotopic (exact) mass is 572 g/mol. The third-order valence-corrected chi connectivity index (χ3v) is 7.68. The third kappa shape index (κ3) is 7.08. The van der Waals surface area contributed by atoms with E-state index in [1.807, 2.05) is 6.92 Å². The Bertz CT molecular complexity index is 1290. The number of hydrogen-bond acceptors (Lipinski definition) is 9. The van der Waals surface area contributed by atoms with Gasteiger partial charge in [-0.25, -0.2) is 14.8 Å². The number of esters is 1. The predicted octanol–water partition coefficient (Wildman–Crippen LogP) is 5.59. The van der Waals surface area contributed by atoms with Crippen LogP contribution in [0, 0.1) is 6.92 Å². The van der Waals surface area contributed by atoms with E-state index < -0.39 is 23.7 Å². The van der Waals surface area contributed by atoms with E-state index in [0.29, 0.717) is 16.9 Å². The first kappa shape index (κ1) is 28.6. The molecular formula is C23H23F3N4O4S3. The van der Waals surface area contributed by atoms with Gasteiger partial charge >= 0.3 is 12.1 Å². The van der Waals surface area contributed by atoms with Crippen LogP contribution in [0.3, 0.4) is 0 Å². The zero-order valence-corrected chi connectivity index (χ0v) is 22.7. The number of anilines is 1. The molecule has 37 heavy (non-hydrogen) atoms. The highest BCUT2D eigenvalue weighted by atomic mass is 32.2. The summed E-state index contributed by atoms with van der Waals surface area (Å²) in [5.74, 6) is -1.97. The number of nitrogens with one attached hydrogen (secondary N) is 1. The van der Waals surface area contributed by atoms with Crippen molar-refractivity contribution < 1.29 is 32.3 Å². The number of thiophene rings is 2. The van der Waals surface area contributed by atoms with Crippen LogP contribution in [0.2, 0.25) is 0 Å². The largest absolute Gasteiger partial charge is 0.462 e. The molecule has 3 aromatic heterocycles. The predicted molar refractivity (Wildman–Crippen MR) is 137 cm³/mol. The summed E-state index contributed by atoms with van der Waals surface area (Å²) in [7, 11) is 3.12. The Kier molecular flexibility index (Phi) is 9.31. The minimum Gasteiger partial charge on any atom is -0.462 e. The van der Waals surface area contributed by atoms with Crippen molar-refractivity contribution in [1.82, 2.24) is 14.9 Å². The molecule has 0 aliphatic heterocycles. The molecule has 0 atom stereocenters. The summed E-state index contributed by atoms with van der Waals surface area (Å²) in [6, 6.07) is 4.19. The van der Waals surface area contributed by atoms with Crippen molar-refractivity contribution in [2.24, 2.45) is 0 Å². The molecule has 0 aliphatic rings. The molecule has 2 amide bonds. The fourth-order valence-electron chi connectivity index (χ4n) is 3.00. The Hall–Kier alpha value is -2.97. The number of hydrogen-bond donors (Lipinski definition) is 1. The molecule has 0 spiro atoms. The first-order valence-electron chi connectivity index (χ1n) is 10.9. The molecule has 3 rings (SSSR count). The van der Waals surface area contributed by atoms with Gasteiger partial charge in [-0.05, 0) is 36.4 Å². The van der Waals surface area contributed by atoms with E-state index in [9.17, 15) is 27.6 Å². The van der Waals surface area contributed by atoms with Crippen LogP contribution in [-0.4, -0.2) is 59.1 Å². The van der Waals surface area contributed by atoms with Crippen molar-refractivity contribution >= 4 is 57.2 Å². The molecule has 14 heteroatoms. The van der Waals surface area contributed by atoms with Crippen molar-refractivity contribution in [2.45, 2.75) is 31.6 Å². The lowest BCUT2D eigenvalue weighted by atomic mass is 10.1. The molecule has 198 valence electrons. The minimum atomic E-state index is -4.69. The molecule has 0 aromatic carbocycles. The highest BCUT2D eigenvalue weighted by Crippen LogP contribution is 2.36. The van der Waals surface area contributed by atoms with Gasteiger partial charge in [-0.2, -0.15) is 13.2 Å². The maximum absolute atomic E-state index is 13.4. The van der Waals surface area contributed by atoms with Crippen LogP contribution in [0.5, 0.6) is 0 Å². The minimum absolute atomic E-state index is 0.0669. The van der Waals surface area contributed by atoms with Crippen LogP contribution in [0.4, 0.5) is 18.2 Å². The maximum Gasteiger partial charge on any atom is 0.433 e. The van der Waals surface area contributed by atoms with Crippen LogP contribution >= 0.6 is 34.4 Å². The molecule has 3 heterocycles. The van der Waals surface area contributed by atoms with Gasteiger partial charge in [0, 0.05) is 14.1 Å². The molecule has 1 N–H and O–H groups in total. The van der Waals surface area contributed by atoms with Crippen molar-refractivity contribution in [2.75, 3.05) is 31.8 Å². The number of carbonyl (C=O) groups excluding carboxylic acids is 3. The lowest BCUT2D eigenvalue weighted by molar-refractivity contribution is -0.141. The number of nitrogens with zero attached hydrogens (tertiary/aromatic N) is 3. The van der Waals surface area contributed by atoms with Crippen LogP contribution in [0.1, 0.15) is 44.6 Å². The van der Waals surface area contributed by atoms with Crippen molar-refractivity contribution in [1.29, 1.82) is 0 Å². The van der Waals surface area contributed by atoms with E-state index in [1.54, 1.807) is 38.5 Å². The second-order valence-electron chi connectivity index (χ2n) is 7.83. The maximum atomic E-state index is 13.4. The Balaban J connectivity index is 1.84. The van der Waals surface area contributed by atoms with E-state index in [2.05, 4.69) is 15.3 Å². The van der Waals surface area contributed by atoms with Crippen LogP contribution < -0.4 is 5.32 Å². The summed E-state index contributed by atoms with van der Waals surface area (Å²) < 4.78 is 45.4. The zero-order valence-electron chi connectivity index (χ0n) is 20.3. The number of amides is 2. The van der Waals surface area contributed by atoms with Gasteiger partial charge in [0.05, 0.1) is 33.4 Å². The molecular weight excluding hydrogens is 549 g/mol. The highest BCUT2D eigenvalue weighted by molar-refractivity contribution is 7.99. The van der Waals surface area contributed by atoms with E-state index in [-0.39, 0.29) is 44.6 Å². The highest BCUT2D eigenvalue weighted by Gasteiger charge is 2.34. The average Bonchev–Trinajstić information content (AvgIpc) is 3.48. The first-order chi connectivity index (χ1) is 17.4. The van der Waals surface area contributed by atoms with Gasteiger partial charge in [-0.1, -0.05) is 24.8 Å². The van der Waals surface area contributed by atoms with Crippen LogP contribution in [0.15, 0.2) is 28.7 Å². The molecule has 0 saturated carbocycles. The molecule has 0 aliphatic carbocycles. The lowest BCUT2D eigenvalue weighted by Crippen LogP contribution is -2.21. The number of alkyl halides is 3. The quantitative estimate of drug-likeness (QED) is 0.203. The van der Waals surface area contributed by atoms with Gasteiger partial charge in [0.2, 0.25) is 5.91 Å². The molecule has 0 bridgehead atoms. The van der Waals surface area contributed by atoms with E-state index in [4.69, 9.17) is 4.74 Å². The summed E-state index contributed by atoms with van der Waals surface area (Å²) in [6.45, 7) is 3.57. The Labute approximate surface area is 223 Å². The fourth-order valence-corrected chi connectivity index (χ4v) is 5.58. The van der Waals surface area contributed by atoms with Gasteiger partial charge in [0.1, 0.15) is 10.7 Å². The topological polar surface area (TPSA) is 101 Å². The Morgan fingerprint density at radius 1 is 1.22 bits per heavy atom. The summed E-state index contributed by atoms with van der Waals surface area (Å²) >= 11 is 2.88. The molecule has 0 radical (unpaired) electrons. The number of rotatable bonds is 9. The third-order valence-electron chi connectivity index (χ3n) is 4.74. The zero-order chi connectivity index (χ0) is 27.3. The van der Waals surface area contributed by atoms with Gasteiger partial charge in [-0.3, -0.25) is 9.59 Å². The lowest BCUT2D eigenvalue weighted by Gasteiger charge is -2.10. The molecule has 0 saturated heterocycles. The smallest absolute Gasteiger partial charge is 0.433 e. The number of ether oxygens (including phenoxy) is 1. The van der Waals surface area contributed by atoms with Gasteiger partial charge in [0.25, 0.3) is 5.91 Å². The van der Waals surface area contributed by atoms with Crippen molar-refractivity contribution in [3.05, 3.63) is 45.3 Å². The summed E-state index contributed by atoms with van der Waals surface area (Å²) in [5, 5.41) is 4.21. The second kappa shape index (κ2) is 12.0. The van der Waals surface area contributed by atoms with Gasteiger partial charge in [-0.15, -0.1) is 22.7 Å². The normalized spacial score (nSPS) is 11.3. The van der Waals surface area contributed by atoms with E-state index in [1.165, 1.54) is 16.2 Å². The van der Waals surface area contributed by atoms with Crippen molar-refractivity contribution in [3.63, 3.8) is 0 Å².